The van der Waals surface area contributed by atoms with Crippen molar-refractivity contribution >= 4 is 5.97 Å². The molecule has 0 amide bonds. The van der Waals surface area contributed by atoms with E-state index in [0.717, 1.165) is 6.42 Å². The second-order valence-corrected chi connectivity index (χ2v) is 4.83. The average molecular weight is 210 g/mol. The first-order valence-corrected chi connectivity index (χ1v) is 5.39. The lowest BCUT2D eigenvalue weighted by atomic mass is 9.72. The second kappa shape index (κ2) is 2.62. The van der Waals surface area contributed by atoms with Crippen LogP contribution in [0.1, 0.15) is 19.8 Å². The zero-order valence-electron chi connectivity index (χ0n) is 8.51. The SMILES string of the molecule is C[C@H]1C=C2C(=O)O[C@@H]3CC[C@H]([C@@H]1O)[C@]23O. The Morgan fingerprint density at radius 1 is 1.53 bits per heavy atom. The van der Waals surface area contributed by atoms with Crippen LogP contribution in [0.4, 0.5) is 0 Å². The van der Waals surface area contributed by atoms with Crippen LogP contribution < -0.4 is 0 Å². The first kappa shape index (κ1) is 9.36. The number of carbonyl (C=O) groups is 1. The van der Waals surface area contributed by atoms with Crippen LogP contribution in [0, 0.1) is 11.8 Å². The molecule has 0 aromatic rings. The van der Waals surface area contributed by atoms with Crippen LogP contribution in [-0.4, -0.2) is 34.0 Å². The minimum atomic E-state index is -1.22. The maximum atomic E-state index is 11.5. The molecule has 0 radical (unpaired) electrons. The summed E-state index contributed by atoms with van der Waals surface area (Å²) in [5.41, 5.74) is -0.851. The highest BCUT2D eigenvalue weighted by atomic mass is 16.6. The van der Waals surface area contributed by atoms with Gasteiger partial charge in [0, 0.05) is 11.8 Å². The maximum Gasteiger partial charge on any atom is 0.337 e. The number of rotatable bonds is 0. The topological polar surface area (TPSA) is 66.8 Å². The molecule has 0 bridgehead atoms. The number of carbonyl (C=O) groups excluding carboxylic acids is 1. The van der Waals surface area contributed by atoms with Crippen molar-refractivity contribution in [2.24, 2.45) is 11.8 Å². The van der Waals surface area contributed by atoms with Gasteiger partial charge in [0.1, 0.15) is 11.7 Å². The van der Waals surface area contributed by atoms with Crippen molar-refractivity contribution in [2.45, 2.75) is 37.6 Å². The molecule has 0 unspecified atom stereocenters. The Morgan fingerprint density at radius 3 is 3.00 bits per heavy atom. The average Bonchev–Trinajstić information content (AvgIpc) is 2.61. The van der Waals surface area contributed by atoms with Gasteiger partial charge in [-0.3, -0.25) is 0 Å². The Morgan fingerprint density at radius 2 is 2.27 bits per heavy atom. The minimum absolute atomic E-state index is 0.0883. The molecule has 4 nitrogen and oxygen atoms in total. The van der Waals surface area contributed by atoms with Gasteiger partial charge in [-0.1, -0.05) is 13.0 Å². The quantitative estimate of drug-likeness (QED) is 0.552. The highest BCUT2D eigenvalue weighted by Crippen LogP contribution is 2.52. The first-order valence-electron chi connectivity index (χ1n) is 5.39. The fourth-order valence-electron chi connectivity index (χ4n) is 3.25. The van der Waals surface area contributed by atoms with Crippen LogP contribution in [0.5, 0.6) is 0 Å². The number of aliphatic hydroxyl groups excluding tert-OH is 1. The Labute approximate surface area is 87.5 Å². The van der Waals surface area contributed by atoms with Gasteiger partial charge >= 0.3 is 5.97 Å². The molecular weight excluding hydrogens is 196 g/mol. The van der Waals surface area contributed by atoms with E-state index in [-0.39, 0.29) is 11.8 Å². The molecule has 1 saturated heterocycles. The van der Waals surface area contributed by atoms with E-state index in [1.54, 1.807) is 6.08 Å². The van der Waals surface area contributed by atoms with E-state index in [9.17, 15) is 15.0 Å². The summed E-state index contributed by atoms with van der Waals surface area (Å²) in [6, 6.07) is 0. The summed E-state index contributed by atoms with van der Waals surface area (Å²) in [4.78, 5) is 11.5. The van der Waals surface area contributed by atoms with Crippen LogP contribution in [0.2, 0.25) is 0 Å². The summed E-state index contributed by atoms with van der Waals surface area (Å²) in [5.74, 6) is -0.746. The van der Waals surface area contributed by atoms with Crippen LogP contribution >= 0.6 is 0 Å². The number of ether oxygens (including phenoxy) is 1. The minimum Gasteiger partial charge on any atom is -0.455 e. The zero-order valence-corrected chi connectivity index (χ0v) is 8.51. The van der Waals surface area contributed by atoms with Crippen molar-refractivity contribution in [1.82, 2.24) is 0 Å². The molecule has 0 spiro atoms. The van der Waals surface area contributed by atoms with Crippen molar-refractivity contribution in [2.75, 3.05) is 0 Å². The van der Waals surface area contributed by atoms with Gasteiger partial charge in [0.2, 0.25) is 0 Å². The predicted molar refractivity (Wildman–Crippen MR) is 50.8 cm³/mol. The third-order valence-electron chi connectivity index (χ3n) is 4.08. The smallest absolute Gasteiger partial charge is 0.337 e. The van der Waals surface area contributed by atoms with Crippen molar-refractivity contribution in [3.05, 3.63) is 11.6 Å². The van der Waals surface area contributed by atoms with Crippen molar-refractivity contribution in [1.29, 1.82) is 0 Å². The van der Waals surface area contributed by atoms with E-state index in [1.165, 1.54) is 0 Å². The summed E-state index contributed by atoms with van der Waals surface area (Å²) < 4.78 is 5.13. The molecule has 4 heteroatoms. The predicted octanol–water partition coefficient (Wildman–Crippen LogP) is -0.0101. The van der Waals surface area contributed by atoms with Crippen molar-refractivity contribution in [3.63, 3.8) is 0 Å². The summed E-state index contributed by atoms with van der Waals surface area (Å²) in [6.07, 6.45) is 2.02. The lowest BCUT2D eigenvalue weighted by Crippen LogP contribution is -2.50. The highest BCUT2D eigenvalue weighted by molar-refractivity contribution is 5.94. The van der Waals surface area contributed by atoms with E-state index in [4.69, 9.17) is 4.74 Å². The molecule has 1 heterocycles. The molecule has 5 atom stereocenters. The lowest BCUT2D eigenvalue weighted by Gasteiger charge is -2.37. The summed E-state index contributed by atoms with van der Waals surface area (Å²) in [6.45, 7) is 1.86. The zero-order chi connectivity index (χ0) is 10.8. The molecule has 82 valence electrons. The van der Waals surface area contributed by atoms with Gasteiger partial charge in [-0.05, 0) is 12.8 Å². The van der Waals surface area contributed by atoms with Gasteiger partial charge in [0.25, 0.3) is 0 Å². The number of aliphatic hydroxyl groups is 2. The molecule has 1 saturated carbocycles. The third kappa shape index (κ3) is 0.916. The normalized spacial score (nSPS) is 52.5. The Kier molecular flexibility index (Phi) is 1.64. The van der Waals surface area contributed by atoms with Crippen LogP contribution in [0.3, 0.4) is 0 Å². The molecule has 3 aliphatic rings. The third-order valence-corrected chi connectivity index (χ3v) is 4.08. The van der Waals surface area contributed by atoms with Crippen LogP contribution in [0.25, 0.3) is 0 Å². The first-order chi connectivity index (χ1) is 7.05. The van der Waals surface area contributed by atoms with Crippen molar-refractivity contribution in [3.8, 4) is 0 Å². The number of hydrogen-bond acceptors (Lipinski definition) is 4. The molecule has 0 aromatic carbocycles. The number of hydrogen-bond donors (Lipinski definition) is 2. The molecule has 0 aromatic heterocycles. The molecule has 15 heavy (non-hydrogen) atoms. The summed E-state index contributed by atoms with van der Waals surface area (Å²) in [7, 11) is 0. The number of esters is 1. The lowest BCUT2D eigenvalue weighted by molar-refractivity contribution is -0.140. The summed E-state index contributed by atoms with van der Waals surface area (Å²) >= 11 is 0. The van der Waals surface area contributed by atoms with E-state index in [0.29, 0.717) is 12.0 Å². The van der Waals surface area contributed by atoms with Gasteiger partial charge in [-0.15, -0.1) is 0 Å². The Balaban J connectivity index is 2.16. The Hall–Kier alpha value is -0.870. The van der Waals surface area contributed by atoms with Crippen molar-refractivity contribution < 1.29 is 19.7 Å². The molecular formula is C11H14O4. The van der Waals surface area contributed by atoms with E-state index in [1.807, 2.05) is 6.92 Å². The van der Waals surface area contributed by atoms with Gasteiger partial charge in [0.15, 0.2) is 0 Å². The molecule has 2 aliphatic carbocycles. The van der Waals surface area contributed by atoms with Gasteiger partial charge in [0.05, 0.1) is 11.7 Å². The second-order valence-electron chi connectivity index (χ2n) is 4.83. The molecule has 2 fully saturated rings. The summed E-state index contributed by atoms with van der Waals surface area (Å²) in [5, 5.41) is 20.5. The monoisotopic (exact) mass is 210 g/mol. The van der Waals surface area contributed by atoms with E-state index in [2.05, 4.69) is 0 Å². The van der Waals surface area contributed by atoms with Crippen LogP contribution in [-0.2, 0) is 9.53 Å². The molecule has 1 aliphatic heterocycles. The molecule has 3 rings (SSSR count). The molecule has 2 N–H and O–H groups in total. The van der Waals surface area contributed by atoms with Gasteiger partial charge < -0.3 is 14.9 Å². The van der Waals surface area contributed by atoms with Gasteiger partial charge in [-0.25, -0.2) is 4.79 Å². The Bertz CT molecular complexity index is 362. The van der Waals surface area contributed by atoms with E-state index < -0.39 is 23.8 Å². The highest BCUT2D eigenvalue weighted by Gasteiger charge is 2.64. The van der Waals surface area contributed by atoms with E-state index >= 15 is 0 Å². The van der Waals surface area contributed by atoms with Crippen LogP contribution in [0.15, 0.2) is 11.6 Å². The largest absolute Gasteiger partial charge is 0.455 e. The fraction of sp³-hybridized carbons (Fsp3) is 0.727. The maximum absolute atomic E-state index is 11.5. The fourth-order valence-corrected chi connectivity index (χ4v) is 3.25. The van der Waals surface area contributed by atoms with Gasteiger partial charge in [-0.2, -0.15) is 0 Å². The standard InChI is InChI=1S/C11H14O4/c1-5-4-7-10(13)15-8-3-2-6(9(5)12)11(7,8)14/h4-6,8-9,12,14H,2-3H2,1H3/t5-,6+,8+,9+,11-/m0/s1.